The van der Waals surface area contributed by atoms with E-state index in [2.05, 4.69) is 10.3 Å². The number of halogens is 4. The largest absolute Gasteiger partial charge is 0.417 e. The molecule has 1 N–H and O–H groups in total. The SMILES string of the molecule is N#Cc1cc(NC(=O)N2[C@@H]3CC[C@H]2c2ccnc(F)c2C3)ccc1C(F)(F)F. The van der Waals surface area contributed by atoms with Gasteiger partial charge in [-0.1, -0.05) is 0 Å². The van der Waals surface area contributed by atoms with E-state index < -0.39 is 29.3 Å². The van der Waals surface area contributed by atoms with Crippen LogP contribution in [0, 0.1) is 17.3 Å². The maximum atomic E-state index is 14.0. The van der Waals surface area contributed by atoms with Crippen LogP contribution in [-0.2, 0) is 12.6 Å². The number of pyridine rings is 1. The van der Waals surface area contributed by atoms with E-state index in [4.69, 9.17) is 5.26 Å². The van der Waals surface area contributed by atoms with E-state index in [1.807, 2.05) is 0 Å². The molecular weight excluding hydrogens is 376 g/mol. The highest BCUT2D eigenvalue weighted by atomic mass is 19.4. The average molecular weight is 390 g/mol. The lowest BCUT2D eigenvalue weighted by atomic mass is 9.95. The lowest BCUT2D eigenvalue weighted by Gasteiger charge is -2.36. The van der Waals surface area contributed by atoms with Gasteiger partial charge in [-0.25, -0.2) is 9.78 Å². The van der Waals surface area contributed by atoms with Crippen molar-refractivity contribution in [1.29, 1.82) is 5.26 Å². The monoisotopic (exact) mass is 390 g/mol. The van der Waals surface area contributed by atoms with Crippen LogP contribution >= 0.6 is 0 Å². The van der Waals surface area contributed by atoms with Crippen molar-refractivity contribution in [2.24, 2.45) is 0 Å². The summed E-state index contributed by atoms with van der Waals surface area (Å²) in [6.45, 7) is 0. The maximum Gasteiger partial charge on any atom is 0.417 e. The molecule has 3 heterocycles. The number of hydrogen-bond acceptors (Lipinski definition) is 3. The Hall–Kier alpha value is -3.15. The predicted octanol–water partition coefficient (Wildman–Crippen LogP) is 4.40. The second kappa shape index (κ2) is 6.48. The topological polar surface area (TPSA) is 69.0 Å². The molecule has 2 aliphatic heterocycles. The molecule has 2 amide bonds. The Morgan fingerprint density at radius 3 is 2.79 bits per heavy atom. The van der Waals surface area contributed by atoms with Gasteiger partial charge in [0.25, 0.3) is 0 Å². The number of fused-ring (bicyclic) bond motifs is 4. The number of hydrogen-bond donors (Lipinski definition) is 1. The zero-order valence-corrected chi connectivity index (χ0v) is 14.4. The van der Waals surface area contributed by atoms with E-state index in [0.29, 0.717) is 30.4 Å². The molecule has 9 heteroatoms. The molecule has 28 heavy (non-hydrogen) atoms. The van der Waals surface area contributed by atoms with Crippen LogP contribution in [0.2, 0.25) is 0 Å². The van der Waals surface area contributed by atoms with Crippen LogP contribution in [0.1, 0.15) is 41.1 Å². The van der Waals surface area contributed by atoms with Crippen molar-refractivity contribution < 1.29 is 22.4 Å². The first-order valence-corrected chi connectivity index (χ1v) is 8.63. The zero-order chi connectivity index (χ0) is 20.1. The number of anilines is 1. The Balaban J connectivity index is 1.59. The Kier molecular flexibility index (Phi) is 4.22. The predicted molar refractivity (Wildman–Crippen MR) is 90.7 cm³/mol. The summed E-state index contributed by atoms with van der Waals surface area (Å²) in [6.07, 6.45) is -1.58. The van der Waals surface area contributed by atoms with Crippen LogP contribution in [0.25, 0.3) is 0 Å². The third kappa shape index (κ3) is 2.95. The summed E-state index contributed by atoms with van der Waals surface area (Å²) in [4.78, 5) is 18.1. The quantitative estimate of drug-likeness (QED) is 0.580. The molecule has 144 valence electrons. The number of aromatic nitrogens is 1. The van der Waals surface area contributed by atoms with Crippen LogP contribution in [-0.4, -0.2) is 22.0 Å². The summed E-state index contributed by atoms with van der Waals surface area (Å²) < 4.78 is 52.8. The molecule has 2 bridgehead atoms. The number of nitriles is 1. The molecule has 1 fully saturated rings. The third-order valence-corrected chi connectivity index (χ3v) is 5.27. The second-order valence-electron chi connectivity index (χ2n) is 6.83. The lowest BCUT2D eigenvalue weighted by Crippen LogP contribution is -2.44. The number of carbonyl (C=O) groups excluding carboxylic acids is 1. The third-order valence-electron chi connectivity index (χ3n) is 5.27. The van der Waals surface area contributed by atoms with E-state index in [9.17, 15) is 22.4 Å². The Morgan fingerprint density at radius 1 is 1.29 bits per heavy atom. The van der Waals surface area contributed by atoms with E-state index in [-0.39, 0.29) is 17.8 Å². The highest BCUT2D eigenvalue weighted by Gasteiger charge is 2.43. The van der Waals surface area contributed by atoms with Gasteiger partial charge in [-0.2, -0.15) is 22.8 Å². The normalized spacial score (nSPS) is 20.5. The number of nitrogens with one attached hydrogen (secondary N) is 1. The molecule has 0 radical (unpaired) electrons. The number of alkyl halides is 3. The molecule has 2 atom stereocenters. The standard InChI is InChI=1S/C19H14F4N4O/c20-17-14-8-12-2-4-16(13(14)5-6-25-17)27(12)18(28)26-11-1-3-15(19(21,22)23)10(7-11)9-24/h1,3,5-7,12,16H,2,4,8H2,(H,26,28)/t12-,16+/m1/s1. The molecule has 5 nitrogen and oxygen atoms in total. The van der Waals surface area contributed by atoms with Gasteiger partial charge in [0, 0.05) is 23.5 Å². The number of amides is 2. The van der Waals surface area contributed by atoms with E-state index in [0.717, 1.165) is 18.2 Å². The molecule has 1 aromatic carbocycles. The van der Waals surface area contributed by atoms with Gasteiger partial charge < -0.3 is 10.2 Å². The number of urea groups is 1. The van der Waals surface area contributed by atoms with Crippen LogP contribution in [0.4, 0.5) is 28.0 Å². The number of rotatable bonds is 1. The van der Waals surface area contributed by atoms with Crippen molar-refractivity contribution in [3.8, 4) is 6.07 Å². The van der Waals surface area contributed by atoms with E-state index in [1.165, 1.54) is 12.3 Å². The average Bonchev–Trinajstić information content (AvgIpc) is 2.97. The van der Waals surface area contributed by atoms with Gasteiger partial charge in [-0.3, -0.25) is 0 Å². The Labute approximate surface area is 157 Å². The van der Waals surface area contributed by atoms with Gasteiger partial charge in [0.1, 0.15) is 0 Å². The van der Waals surface area contributed by atoms with Gasteiger partial charge in [-0.15, -0.1) is 0 Å². The molecule has 2 aromatic rings. The fourth-order valence-corrected chi connectivity index (χ4v) is 4.08. The van der Waals surface area contributed by atoms with Crippen molar-refractivity contribution in [1.82, 2.24) is 9.88 Å². The summed E-state index contributed by atoms with van der Waals surface area (Å²) in [7, 11) is 0. The van der Waals surface area contributed by atoms with Crippen LogP contribution in [0.5, 0.6) is 0 Å². The summed E-state index contributed by atoms with van der Waals surface area (Å²) in [6, 6.07) is 5.09. The minimum Gasteiger partial charge on any atom is -0.314 e. The van der Waals surface area contributed by atoms with Crippen LogP contribution in [0.3, 0.4) is 0 Å². The molecule has 0 spiro atoms. The summed E-state index contributed by atoms with van der Waals surface area (Å²) in [5.41, 5.74) is -0.295. The first-order chi connectivity index (χ1) is 13.3. The molecule has 0 unspecified atom stereocenters. The van der Waals surface area contributed by atoms with Crippen molar-refractivity contribution >= 4 is 11.7 Å². The molecular formula is C19H14F4N4O. The summed E-state index contributed by atoms with van der Waals surface area (Å²) >= 11 is 0. The van der Waals surface area contributed by atoms with Crippen LogP contribution < -0.4 is 5.32 Å². The minimum absolute atomic E-state index is 0.0978. The molecule has 2 aliphatic rings. The Morgan fingerprint density at radius 2 is 2.07 bits per heavy atom. The molecule has 0 saturated carbocycles. The van der Waals surface area contributed by atoms with Crippen molar-refractivity contribution in [3.63, 3.8) is 0 Å². The summed E-state index contributed by atoms with van der Waals surface area (Å²) in [5, 5.41) is 11.6. The zero-order valence-electron chi connectivity index (χ0n) is 14.4. The van der Waals surface area contributed by atoms with Gasteiger partial charge >= 0.3 is 12.2 Å². The maximum absolute atomic E-state index is 14.0. The highest BCUT2D eigenvalue weighted by molar-refractivity contribution is 5.90. The first-order valence-electron chi connectivity index (χ1n) is 8.63. The smallest absolute Gasteiger partial charge is 0.314 e. The van der Waals surface area contributed by atoms with Crippen molar-refractivity contribution in [2.75, 3.05) is 5.32 Å². The number of benzene rings is 1. The van der Waals surface area contributed by atoms with Gasteiger partial charge in [0.05, 0.1) is 23.2 Å². The first kappa shape index (κ1) is 18.2. The highest BCUT2D eigenvalue weighted by Crippen LogP contribution is 2.44. The van der Waals surface area contributed by atoms with Crippen molar-refractivity contribution in [3.05, 3.63) is 58.7 Å². The second-order valence-corrected chi connectivity index (χ2v) is 6.83. The fraction of sp³-hybridized carbons (Fsp3) is 0.316. The van der Waals surface area contributed by atoms with Crippen LogP contribution in [0.15, 0.2) is 30.5 Å². The number of carbonyl (C=O) groups is 1. The molecule has 1 saturated heterocycles. The summed E-state index contributed by atoms with van der Waals surface area (Å²) in [5.74, 6) is -0.532. The fourth-order valence-electron chi connectivity index (χ4n) is 4.08. The number of nitrogens with zero attached hydrogens (tertiary/aromatic N) is 3. The van der Waals surface area contributed by atoms with E-state index >= 15 is 0 Å². The lowest BCUT2D eigenvalue weighted by molar-refractivity contribution is -0.137. The Bertz CT molecular complexity index is 998. The van der Waals surface area contributed by atoms with Gasteiger partial charge in [0.15, 0.2) is 0 Å². The van der Waals surface area contributed by atoms with Crippen molar-refractivity contribution in [2.45, 2.75) is 37.5 Å². The molecule has 1 aromatic heterocycles. The van der Waals surface area contributed by atoms with Gasteiger partial charge in [-0.05, 0) is 49.1 Å². The van der Waals surface area contributed by atoms with E-state index in [1.54, 1.807) is 11.0 Å². The van der Waals surface area contributed by atoms with Gasteiger partial charge in [0.2, 0.25) is 5.95 Å². The molecule has 0 aliphatic carbocycles. The minimum atomic E-state index is -4.65. The molecule has 4 rings (SSSR count).